The molecule has 1 aliphatic heterocycles. The van der Waals surface area contributed by atoms with E-state index in [2.05, 4.69) is 66.2 Å². The van der Waals surface area contributed by atoms with E-state index in [4.69, 9.17) is 4.74 Å². The van der Waals surface area contributed by atoms with E-state index >= 15 is 0 Å². The van der Waals surface area contributed by atoms with Crippen molar-refractivity contribution >= 4 is 23.1 Å². The van der Waals surface area contributed by atoms with Crippen molar-refractivity contribution in [2.24, 2.45) is 0 Å². The maximum Gasteiger partial charge on any atom is 0.213 e. The summed E-state index contributed by atoms with van der Waals surface area (Å²) in [5.41, 5.74) is 5.95. The quantitative estimate of drug-likeness (QED) is 0.583. The second-order valence-corrected chi connectivity index (χ2v) is 7.61. The van der Waals surface area contributed by atoms with E-state index in [1.807, 2.05) is 6.07 Å². The fourth-order valence-electron chi connectivity index (χ4n) is 4.28. The van der Waals surface area contributed by atoms with Crippen LogP contribution in [-0.4, -0.2) is 5.11 Å². The Morgan fingerprint density at radius 3 is 2.86 bits per heavy atom. The van der Waals surface area contributed by atoms with Crippen LogP contribution in [0.3, 0.4) is 0 Å². The number of phenols is 1. The first-order valence-electron chi connectivity index (χ1n) is 10.3. The molecular weight excluding hydrogens is 358 g/mol. The first-order valence-corrected chi connectivity index (χ1v) is 10.3. The number of rotatable bonds is 3. The van der Waals surface area contributed by atoms with Crippen molar-refractivity contribution in [1.82, 2.24) is 0 Å². The molecule has 0 radical (unpaired) electrons. The molecule has 0 saturated carbocycles. The van der Waals surface area contributed by atoms with E-state index in [-0.39, 0.29) is 5.75 Å². The van der Waals surface area contributed by atoms with Gasteiger partial charge in [-0.3, -0.25) is 0 Å². The molecule has 0 amide bonds. The first-order chi connectivity index (χ1) is 14.2. The molecule has 3 heteroatoms. The maximum atomic E-state index is 9.81. The molecule has 2 aromatic carbocycles. The van der Waals surface area contributed by atoms with Crippen molar-refractivity contribution in [3.05, 3.63) is 88.8 Å². The van der Waals surface area contributed by atoms with Crippen LogP contribution in [0.2, 0.25) is 0 Å². The molecule has 144 valence electrons. The molecule has 3 nitrogen and oxygen atoms in total. The Kier molecular flexibility index (Phi) is 4.44. The minimum absolute atomic E-state index is 0.231. The first kappa shape index (κ1) is 17.7. The summed E-state index contributed by atoms with van der Waals surface area (Å²) < 4.78 is 8.51. The Balaban J connectivity index is 1.56. The van der Waals surface area contributed by atoms with Gasteiger partial charge >= 0.3 is 0 Å². The van der Waals surface area contributed by atoms with E-state index in [0.717, 1.165) is 42.9 Å². The molecule has 0 bridgehead atoms. The van der Waals surface area contributed by atoms with Crippen molar-refractivity contribution in [3.8, 4) is 11.5 Å². The summed E-state index contributed by atoms with van der Waals surface area (Å²) in [6.45, 7) is 3.12. The largest absolute Gasteiger partial charge is 0.508 e. The number of ether oxygens (including phenoxy) is 1. The van der Waals surface area contributed by atoms with Crippen LogP contribution in [0.25, 0.3) is 23.1 Å². The molecule has 1 N–H and O–H groups in total. The molecule has 1 aromatic heterocycles. The molecule has 0 spiro atoms. The summed E-state index contributed by atoms with van der Waals surface area (Å²) in [6.07, 6.45) is 11.9. The zero-order chi connectivity index (χ0) is 19.8. The molecule has 29 heavy (non-hydrogen) atoms. The number of allylic oxidation sites excluding steroid dienone is 3. The Labute approximate surface area is 170 Å². The summed E-state index contributed by atoms with van der Waals surface area (Å²) in [4.78, 5) is 0. The lowest BCUT2D eigenvalue weighted by Gasteiger charge is -2.26. The fraction of sp³-hybridized carbons (Fsp3) is 0.192. The number of benzene rings is 2. The Morgan fingerprint density at radius 2 is 1.97 bits per heavy atom. The zero-order valence-electron chi connectivity index (χ0n) is 16.6. The van der Waals surface area contributed by atoms with Crippen molar-refractivity contribution in [2.45, 2.75) is 32.7 Å². The van der Waals surface area contributed by atoms with Gasteiger partial charge in [0, 0.05) is 23.8 Å². The van der Waals surface area contributed by atoms with Gasteiger partial charge in [0.05, 0.1) is 5.39 Å². The summed E-state index contributed by atoms with van der Waals surface area (Å²) in [5, 5.41) is 11.1. The third-order valence-corrected chi connectivity index (χ3v) is 5.78. The predicted molar refractivity (Wildman–Crippen MR) is 116 cm³/mol. The van der Waals surface area contributed by atoms with E-state index in [0.29, 0.717) is 0 Å². The van der Waals surface area contributed by atoms with Crippen molar-refractivity contribution < 1.29 is 14.4 Å². The van der Waals surface area contributed by atoms with Crippen LogP contribution < -0.4 is 9.30 Å². The number of aromatic hydroxyl groups is 1. The van der Waals surface area contributed by atoms with Gasteiger partial charge in [0.15, 0.2) is 6.20 Å². The SMILES string of the molecule is CC[n+]1ccc(/C=C/C2=C3Oc4cc(O)ccc4C=C3CCC2)c2ccccc21. The Morgan fingerprint density at radius 1 is 1.07 bits per heavy atom. The van der Waals surface area contributed by atoms with Crippen LogP contribution in [0.5, 0.6) is 11.5 Å². The molecule has 3 aromatic rings. The van der Waals surface area contributed by atoms with Crippen molar-refractivity contribution in [3.63, 3.8) is 0 Å². The van der Waals surface area contributed by atoms with Crippen LogP contribution in [-0.2, 0) is 6.54 Å². The van der Waals surface area contributed by atoms with Gasteiger partial charge in [-0.1, -0.05) is 24.3 Å². The number of nitrogens with zero attached hydrogens (tertiary/aromatic N) is 1. The van der Waals surface area contributed by atoms with Crippen molar-refractivity contribution in [2.75, 3.05) is 0 Å². The molecule has 0 unspecified atom stereocenters. The second kappa shape index (κ2) is 7.25. The number of aryl methyl sites for hydroxylation is 1. The average Bonchev–Trinajstić information content (AvgIpc) is 2.76. The van der Waals surface area contributed by atoms with E-state index in [1.54, 1.807) is 12.1 Å². The third kappa shape index (κ3) is 3.23. The lowest BCUT2D eigenvalue weighted by Crippen LogP contribution is -2.32. The molecule has 0 atom stereocenters. The summed E-state index contributed by atoms with van der Waals surface area (Å²) in [7, 11) is 0. The highest BCUT2D eigenvalue weighted by molar-refractivity contribution is 5.86. The topological polar surface area (TPSA) is 33.3 Å². The fourth-order valence-corrected chi connectivity index (χ4v) is 4.28. The van der Waals surface area contributed by atoms with Gasteiger partial charge in [0.2, 0.25) is 5.52 Å². The van der Waals surface area contributed by atoms with Gasteiger partial charge < -0.3 is 9.84 Å². The smallest absolute Gasteiger partial charge is 0.213 e. The number of hydrogen-bond donors (Lipinski definition) is 1. The number of pyridine rings is 1. The number of fused-ring (bicyclic) bond motifs is 3. The van der Waals surface area contributed by atoms with Crippen LogP contribution in [0.4, 0.5) is 0 Å². The summed E-state index contributed by atoms with van der Waals surface area (Å²) in [5.74, 6) is 1.91. The van der Waals surface area contributed by atoms with E-state index in [9.17, 15) is 5.11 Å². The Bertz CT molecular complexity index is 1200. The highest BCUT2D eigenvalue weighted by Crippen LogP contribution is 2.40. The zero-order valence-corrected chi connectivity index (χ0v) is 16.6. The number of phenolic OH excluding ortho intramolecular Hbond substituents is 1. The van der Waals surface area contributed by atoms with Gasteiger partial charge in [0.25, 0.3) is 0 Å². The lowest BCUT2D eigenvalue weighted by molar-refractivity contribution is -0.667. The average molecular weight is 382 g/mol. The summed E-state index contributed by atoms with van der Waals surface area (Å²) in [6, 6.07) is 16.0. The molecule has 1 aliphatic carbocycles. The van der Waals surface area contributed by atoms with E-state index < -0.39 is 0 Å². The molecule has 0 fully saturated rings. The van der Waals surface area contributed by atoms with Gasteiger partial charge in [-0.25, -0.2) is 0 Å². The number of hydrogen-bond acceptors (Lipinski definition) is 2. The summed E-state index contributed by atoms with van der Waals surface area (Å²) >= 11 is 0. The van der Waals surface area contributed by atoms with Gasteiger partial charge in [-0.2, -0.15) is 4.57 Å². The minimum atomic E-state index is 0.231. The standard InChI is InChI=1S/C26H23NO2/c1-2-27-15-14-18(23-8-3-4-9-24(23)27)10-11-19-6-5-7-21-16-20-12-13-22(28)17-25(20)29-26(19)21/h3-4,8-17H,2,5-7H2,1H3/p+1. The highest BCUT2D eigenvalue weighted by Gasteiger charge is 2.23. The third-order valence-electron chi connectivity index (χ3n) is 5.78. The van der Waals surface area contributed by atoms with Crippen LogP contribution in [0.1, 0.15) is 37.3 Å². The second-order valence-electron chi connectivity index (χ2n) is 7.61. The van der Waals surface area contributed by atoms with Crippen molar-refractivity contribution in [1.29, 1.82) is 0 Å². The normalized spacial score (nSPS) is 15.8. The van der Waals surface area contributed by atoms with Crippen LogP contribution >= 0.6 is 0 Å². The number of aromatic nitrogens is 1. The Hall–Kier alpha value is -3.33. The lowest BCUT2D eigenvalue weighted by atomic mass is 9.89. The molecule has 0 saturated heterocycles. The van der Waals surface area contributed by atoms with E-state index in [1.165, 1.54) is 27.6 Å². The molecular formula is C26H24NO2+. The van der Waals surface area contributed by atoms with Crippen LogP contribution in [0, 0.1) is 0 Å². The maximum absolute atomic E-state index is 9.81. The number of para-hydroxylation sites is 1. The van der Waals surface area contributed by atoms with Gasteiger partial charge in [0.1, 0.15) is 23.8 Å². The van der Waals surface area contributed by atoms with Gasteiger partial charge in [-0.15, -0.1) is 0 Å². The molecule has 5 rings (SSSR count). The van der Waals surface area contributed by atoms with Crippen LogP contribution in [0.15, 0.2) is 77.7 Å². The van der Waals surface area contributed by atoms with Gasteiger partial charge in [-0.05, 0) is 67.2 Å². The highest BCUT2D eigenvalue weighted by atomic mass is 16.5. The predicted octanol–water partition coefficient (Wildman–Crippen LogP) is 5.78. The molecule has 2 aliphatic rings. The monoisotopic (exact) mass is 382 g/mol. The molecule has 2 heterocycles. The minimum Gasteiger partial charge on any atom is -0.508 e.